The Hall–Kier alpha value is -0.620. The molecule has 56 valence electrons. The van der Waals surface area contributed by atoms with Crippen LogP contribution in [0.3, 0.4) is 0 Å². The van der Waals surface area contributed by atoms with E-state index >= 15 is 0 Å². The summed E-state index contributed by atoms with van der Waals surface area (Å²) >= 11 is 1.46. The Morgan fingerprint density at radius 2 is 2.30 bits per heavy atom. The number of hydrogen-bond acceptors (Lipinski definition) is 2. The summed E-state index contributed by atoms with van der Waals surface area (Å²) in [5.41, 5.74) is 0. The molecule has 0 aliphatic carbocycles. The molecule has 0 aliphatic heterocycles. The van der Waals surface area contributed by atoms with Gasteiger partial charge in [0.05, 0.1) is 11.5 Å². The van der Waals surface area contributed by atoms with Crippen LogP contribution in [0.5, 0.6) is 0 Å². The van der Waals surface area contributed by atoms with Crippen LogP contribution in [0.25, 0.3) is 0 Å². The Morgan fingerprint density at radius 1 is 1.70 bits per heavy atom. The highest BCUT2D eigenvalue weighted by molar-refractivity contribution is 8.00. The van der Waals surface area contributed by atoms with Crippen molar-refractivity contribution >= 4 is 17.7 Å². The Bertz CT molecular complexity index is 148. The molecule has 1 amide bonds. The predicted octanol–water partition coefficient (Wildman–Crippen LogP) is 0.441. The van der Waals surface area contributed by atoms with E-state index in [0.29, 0.717) is 11.5 Å². The molecule has 0 heterocycles. The lowest BCUT2D eigenvalue weighted by molar-refractivity contribution is -0.125. The number of thioether (sulfide) groups is 1. The quantitative estimate of drug-likeness (QED) is 0.437. The van der Waals surface area contributed by atoms with Crippen LogP contribution in [-0.4, -0.2) is 36.4 Å². The van der Waals surface area contributed by atoms with Crippen molar-refractivity contribution in [1.29, 1.82) is 0 Å². The molecule has 2 nitrogen and oxygen atoms in total. The maximum atomic E-state index is 10.9. The first-order chi connectivity index (χ1) is 4.68. The standard InChI is InChI=1S/C7H11NOS/c1-4-5-10-6-7(9)8(2)3/h1H,5-6H2,2-3H3. The van der Waals surface area contributed by atoms with Crippen molar-refractivity contribution in [1.82, 2.24) is 4.90 Å². The summed E-state index contributed by atoms with van der Waals surface area (Å²) in [7, 11) is 3.47. The molecule has 0 aromatic carbocycles. The second-order valence-corrected chi connectivity index (χ2v) is 2.97. The molecular formula is C7H11NOS. The van der Waals surface area contributed by atoms with E-state index in [2.05, 4.69) is 5.92 Å². The lowest BCUT2D eigenvalue weighted by Crippen LogP contribution is -2.23. The summed E-state index contributed by atoms with van der Waals surface area (Å²) in [6, 6.07) is 0. The summed E-state index contributed by atoms with van der Waals surface area (Å²) in [6.45, 7) is 0. The highest BCUT2D eigenvalue weighted by atomic mass is 32.2. The van der Waals surface area contributed by atoms with Crippen LogP contribution in [0.15, 0.2) is 0 Å². The van der Waals surface area contributed by atoms with Crippen molar-refractivity contribution in [2.24, 2.45) is 0 Å². The highest BCUT2D eigenvalue weighted by Crippen LogP contribution is 1.98. The Balaban J connectivity index is 3.33. The van der Waals surface area contributed by atoms with E-state index in [1.807, 2.05) is 0 Å². The van der Waals surface area contributed by atoms with Gasteiger partial charge in [-0.2, -0.15) is 0 Å². The zero-order valence-corrected chi connectivity index (χ0v) is 7.07. The Morgan fingerprint density at radius 3 is 2.70 bits per heavy atom. The average Bonchev–Trinajstić information content (AvgIpc) is 1.88. The molecular weight excluding hydrogens is 146 g/mol. The predicted molar refractivity (Wildman–Crippen MR) is 44.9 cm³/mol. The van der Waals surface area contributed by atoms with Crippen LogP contribution in [0.4, 0.5) is 0 Å². The van der Waals surface area contributed by atoms with Gasteiger partial charge in [0, 0.05) is 14.1 Å². The van der Waals surface area contributed by atoms with Crippen LogP contribution < -0.4 is 0 Å². The molecule has 3 heteroatoms. The minimum atomic E-state index is 0.111. The zero-order valence-electron chi connectivity index (χ0n) is 6.26. The van der Waals surface area contributed by atoms with Gasteiger partial charge in [-0.15, -0.1) is 18.2 Å². The van der Waals surface area contributed by atoms with Gasteiger partial charge in [-0.1, -0.05) is 5.92 Å². The summed E-state index contributed by atoms with van der Waals surface area (Å²) < 4.78 is 0. The van der Waals surface area contributed by atoms with Crippen molar-refractivity contribution < 1.29 is 4.79 Å². The molecule has 0 radical (unpaired) electrons. The number of carbonyl (C=O) groups is 1. The SMILES string of the molecule is C#CCSCC(=O)N(C)C. The van der Waals surface area contributed by atoms with Crippen LogP contribution in [0.1, 0.15) is 0 Å². The van der Waals surface area contributed by atoms with Gasteiger partial charge in [0.15, 0.2) is 0 Å². The number of carbonyl (C=O) groups excluding carboxylic acids is 1. The molecule has 10 heavy (non-hydrogen) atoms. The van der Waals surface area contributed by atoms with Crippen molar-refractivity contribution in [3.8, 4) is 12.3 Å². The molecule has 0 saturated heterocycles. The first kappa shape index (κ1) is 9.38. The molecule has 0 atom stereocenters. The maximum Gasteiger partial charge on any atom is 0.232 e. The summed E-state index contributed by atoms with van der Waals surface area (Å²) in [6.07, 6.45) is 5.00. The monoisotopic (exact) mass is 157 g/mol. The fourth-order valence-electron chi connectivity index (χ4n) is 0.326. The fourth-order valence-corrected chi connectivity index (χ4v) is 0.979. The number of terminal acetylenes is 1. The van der Waals surface area contributed by atoms with Gasteiger partial charge in [0.25, 0.3) is 0 Å². The van der Waals surface area contributed by atoms with E-state index in [9.17, 15) is 4.79 Å². The normalized spacial score (nSPS) is 8.50. The van der Waals surface area contributed by atoms with E-state index in [4.69, 9.17) is 6.42 Å². The molecule has 0 spiro atoms. The molecule has 0 fully saturated rings. The topological polar surface area (TPSA) is 20.3 Å². The highest BCUT2D eigenvalue weighted by Gasteiger charge is 2.01. The third-order valence-electron chi connectivity index (χ3n) is 0.910. The molecule has 0 unspecified atom stereocenters. The minimum Gasteiger partial charge on any atom is -0.348 e. The summed E-state index contributed by atoms with van der Waals surface area (Å²) in [5.74, 6) is 3.66. The molecule has 0 aliphatic rings. The molecule has 0 aromatic rings. The Kier molecular flexibility index (Phi) is 4.87. The third kappa shape index (κ3) is 4.28. The Labute approximate surface area is 66.0 Å². The van der Waals surface area contributed by atoms with Gasteiger partial charge in [0.2, 0.25) is 5.91 Å². The van der Waals surface area contributed by atoms with Gasteiger partial charge >= 0.3 is 0 Å². The van der Waals surface area contributed by atoms with Crippen molar-refractivity contribution in [2.75, 3.05) is 25.6 Å². The van der Waals surface area contributed by atoms with Gasteiger partial charge in [-0.05, 0) is 0 Å². The minimum absolute atomic E-state index is 0.111. The first-order valence-electron chi connectivity index (χ1n) is 2.90. The zero-order chi connectivity index (χ0) is 7.98. The third-order valence-corrected chi connectivity index (χ3v) is 1.73. The number of nitrogens with zero attached hydrogens (tertiary/aromatic N) is 1. The maximum absolute atomic E-state index is 10.9. The van der Waals surface area contributed by atoms with E-state index in [1.54, 1.807) is 19.0 Å². The number of amides is 1. The second-order valence-electron chi connectivity index (χ2n) is 1.99. The molecule has 0 N–H and O–H groups in total. The molecule has 0 saturated carbocycles. The first-order valence-corrected chi connectivity index (χ1v) is 4.05. The summed E-state index contributed by atoms with van der Waals surface area (Å²) in [4.78, 5) is 12.4. The van der Waals surface area contributed by atoms with Crippen LogP contribution >= 0.6 is 11.8 Å². The lowest BCUT2D eigenvalue weighted by atomic mass is 10.6. The van der Waals surface area contributed by atoms with Crippen LogP contribution in [0.2, 0.25) is 0 Å². The van der Waals surface area contributed by atoms with Gasteiger partial charge < -0.3 is 4.90 Å². The van der Waals surface area contributed by atoms with E-state index in [0.717, 1.165) is 0 Å². The molecule has 0 bridgehead atoms. The lowest BCUT2D eigenvalue weighted by Gasteiger charge is -2.07. The smallest absolute Gasteiger partial charge is 0.232 e. The number of rotatable bonds is 3. The fraction of sp³-hybridized carbons (Fsp3) is 0.571. The second kappa shape index (κ2) is 5.19. The van der Waals surface area contributed by atoms with E-state index in [-0.39, 0.29) is 5.91 Å². The van der Waals surface area contributed by atoms with Gasteiger partial charge in [0.1, 0.15) is 0 Å². The van der Waals surface area contributed by atoms with Gasteiger partial charge in [-0.3, -0.25) is 4.79 Å². The molecule has 0 rings (SSSR count). The largest absolute Gasteiger partial charge is 0.348 e. The van der Waals surface area contributed by atoms with Crippen molar-refractivity contribution in [3.63, 3.8) is 0 Å². The van der Waals surface area contributed by atoms with E-state index in [1.165, 1.54) is 11.8 Å². The summed E-state index contributed by atoms with van der Waals surface area (Å²) in [5, 5.41) is 0. The van der Waals surface area contributed by atoms with Gasteiger partial charge in [-0.25, -0.2) is 0 Å². The van der Waals surface area contributed by atoms with Crippen molar-refractivity contribution in [2.45, 2.75) is 0 Å². The van der Waals surface area contributed by atoms with Crippen LogP contribution in [-0.2, 0) is 4.79 Å². The van der Waals surface area contributed by atoms with Crippen molar-refractivity contribution in [3.05, 3.63) is 0 Å². The average molecular weight is 157 g/mol. The van der Waals surface area contributed by atoms with Crippen LogP contribution in [0, 0.1) is 12.3 Å². The molecule has 0 aromatic heterocycles. The van der Waals surface area contributed by atoms with E-state index < -0.39 is 0 Å². The number of hydrogen-bond donors (Lipinski definition) is 0.